The van der Waals surface area contributed by atoms with Gasteiger partial charge in [0.25, 0.3) is 0 Å². The summed E-state index contributed by atoms with van der Waals surface area (Å²) in [6.45, 7) is 6.57. The van der Waals surface area contributed by atoms with E-state index in [1.165, 1.54) is 25.7 Å². The van der Waals surface area contributed by atoms with Crippen LogP contribution in [-0.2, 0) is 4.74 Å². The summed E-state index contributed by atoms with van der Waals surface area (Å²) in [6, 6.07) is 0. The first-order chi connectivity index (χ1) is 9.81. The molecule has 0 heterocycles. The standard InChI is InChI=1S/C17H31NO3/c1-17(2,3)21-16(20)18(4)12-11-15-9-7-14(8-10-15)6-5-13-19/h5-6,14-15,19H,7-13H2,1-4H3. The molecule has 0 aromatic carbocycles. The van der Waals surface area contributed by atoms with Crippen molar-refractivity contribution in [2.75, 3.05) is 20.2 Å². The van der Waals surface area contributed by atoms with Crippen molar-refractivity contribution in [1.29, 1.82) is 0 Å². The number of aliphatic hydroxyl groups excluding tert-OH is 1. The average Bonchev–Trinajstić information content (AvgIpc) is 2.41. The first-order valence-electron chi connectivity index (χ1n) is 8.03. The van der Waals surface area contributed by atoms with E-state index in [1.807, 2.05) is 33.9 Å². The third-order valence-electron chi connectivity index (χ3n) is 3.98. The highest BCUT2D eigenvalue weighted by Gasteiger charge is 2.22. The number of allylic oxidation sites excluding steroid dienone is 1. The largest absolute Gasteiger partial charge is 0.444 e. The van der Waals surface area contributed by atoms with Crippen LogP contribution in [0, 0.1) is 11.8 Å². The van der Waals surface area contributed by atoms with Crippen molar-refractivity contribution in [3.8, 4) is 0 Å². The summed E-state index contributed by atoms with van der Waals surface area (Å²) in [5.74, 6) is 1.32. The Morgan fingerprint density at radius 2 is 1.90 bits per heavy atom. The number of hydrogen-bond donors (Lipinski definition) is 1. The van der Waals surface area contributed by atoms with Gasteiger partial charge in [-0.2, -0.15) is 0 Å². The van der Waals surface area contributed by atoms with Gasteiger partial charge in [-0.25, -0.2) is 4.79 Å². The second kappa shape index (κ2) is 8.42. The Morgan fingerprint density at radius 3 is 2.43 bits per heavy atom. The van der Waals surface area contributed by atoms with Crippen LogP contribution < -0.4 is 0 Å². The van der Waals surface area contributed by atoms with Gasteiger partial charge in [-0.1, -0.05) is 12.2 Å². The quantitative estimate of drug-likeness (QED) is 0.789. The van der Waals surface area contributed by atoms with E-state index in [0.717, 1.165) is 13.0 Å². The zero-order valence-corrected chi connectivity index (χ0v) is 14.0. The molecule has 0 bridgehead atoms. The maximum absolute atomic E-state index is 11.9. The van der Waals surface area contributed by atoms with Gasteiger partial charge in [0, 0.05) is 13.6 Å². The van der Waals surface area contributed by atoms with E-state index < -0.39 is 5.60 Å². The molecule has 1 rings (SSSR count). The van der Waals surface area contributed by atoms with E-state index in [1.54, 1.807) is 4.90 Å². The second-order valence-corrected chi connectivity index (χ2v) is 7.08. The number of aliphatic hydroxyl groups is 1. The summed E-state index contributed by atoms with van der Waals surface area (Å²) in [5, 5.41) is 8.79. The molecule has 21 heavy (non-hydrogen) atoms. The van der Waals surface area contributed by atoms with E-state index in [0.29, 0.717) is 11.8 Å². The Hall–Kier alpha value is -1.03. The molecule has 1 saturated carbocycles. The number of rotatable bonds is 5. The molecule has 0 radical (unpaired) electrons. The normalized spacial score (nSPS) is 23.3. The molecule has 1 N–H and O–H groups in total. The predicted octanol–water partition coefficient (Wildman–Crippen LogP) is 3.60. The molecule has 1 aliphatic carbocycles. The molecule has 1 aliphatic rings. The second-order valence-electron chi connectivity index (χ2n) is 7.08. The van der Waals surface area contributed by atoms with Gasteiger partial charge in [0.1, 0.15) is 5.60 Å². The topological polar surface area (TPSA) is 49.8 Å². The zero-order chi connectivity index (χ0) is 15.9. The molecule has 122 valence electrons. The van der Waals surface area contributed by atoms with Crippen molar-refractivity contribution in [2.24, 2.45) is 11.8 Å². The Bertz CT molecular complexity index is 338. The van der Waals surface area contributed by atoms with Crippen molar-refractivity contribution in [1.82, 2.24) is 4.90 Å². The summed E-state index contributed by atoms with van der Waals surface area (Å²) in [5.41, 5.74) is -0.428. The first-order valence-corrected chi connectivity index (χ1v) is 8.03. The summed E-state index contributed by atoms with van der Waals surface area (Å²) >= 11 is 0. The maximum atomic E-state index is 11.9. The highest BCUT2D eigenvalue weighted by Crippen LogP contribution is 2.31. The lowest BCUT2D eigenvalue weighted by Crippen LogP contribution is -2.35. The average molecular weight is 297 g/mol. The van der Waals surface area contributed by atoms with Crippen molar-refractivity contribution in [3.63, 3.8) is 0 Å². The van der Waals surface area contributed by atoms with Crippen LogP contribution in [0.15, 0.2) is 12.2 Å². The molecule has 4 nitrogen and oxygen atoms in total. The number of nitrogens with zero attached hydrogens (tertiary/aromatic N) is 1. The fourth-order valence-electron chi connectivity index (χ4n) is 2.73. The summed E-state index contributed by atoms with van der Waals surface area (Å²) in [6.07, 6.45) is 9.61. The number of carbonyl (C=O) groups excluding carboxylic acids is 1. The smallest absolute Gasteiger partial charge is 0.410 e. The number of carbonyl (C=O) groups is 1. The van der Waals surface area contributed by atoms with Crippen LogP contribution in [-0.4, -0.2) is 41.9 Å². The van der Waals surface area contributed by atoms with Gasteiger partial charge >= 0.3 is 6.09 Å². The highest BCUT2D eigenvalue weighted by atomic mass is 16.6. The Kier molecular flexibility index (Phi) is 7.23. The monoisotopic (exact) mass is 297 g/mol. The lowest BCUT2D eigenvalue weighted by atomic mass is 9.80. The van der Waals surface area contributed by atoms with Crippen LogP contribution >= 0.6 is 0 Å². The molecule has 1 amide bonds. The highest BCUT2D eigenvalue weighted by molar-refractivity contribution is 5.67. The molecule has 0 aromatic rings. The number of hydrogen-bond acceptors (Lipinski definition) is 3. The maximum Gasteiger partial charge on any atom is 0.410 e. The molecule has 4 heteroatoms. The van der Waals surface area contributed by atoms with Crippen molar-refractivity contribution < 1.29 is 14.6 Å². The molecular formula is C17H31NO3. The summed E-state index contributed by atoms with van der Waals surface area (Å²) in [7, 11) is 1.81. The van der Waals surface area contributed by atoms with E-state index in [4.69, 9.17) is 9.84 Å². The van der Waals surface area contributed by atoms with E-state index in [2.05, 4.69) is 6.08 Å². The fraction of sp³-hybridized carbons (Fsp3) is 0.824. The third kappa shape index (κ3) is 7.51. The Labute approximate surface area is 129 Å². The molecule has 0 saturated heterocycles. The van der Waals surface area contributed by atoms with Crippen LogP contribution in [0.1, 0.15) is 52.9 Å². The molecule has 0 aromatic heterocycles. The SMILES string of the molecule is CN(CCC1CCC(C=CCO)CC1)C(=O)OC(C)(C)C. The van der Waals surface area contributed by atoms with Gasteiger partial charge in [0.05, 0.1) is 6.61 Å². The predicted molar refractivity (Wildman–Crippen MR) is 85.2 cm³/mol. The minimum absolute atomic E-state index is 0.139. The van der Waals surface area contributed by atoms with Crippen molar-refractivity contribution in [2.45, 2.75) is 58.5 Å². The molecule has 0 unspecified atom stereocenters. The van der Waals surface area contributed by atoms with Gasteiger partial charge in [-0.15, -0.1) is 0 Å². The molecule has 1 fully saturated rings. The number of amides is 1. The van der Waals surface area contributed by atoms with Crippen molar-refractivity contribution in [3.05, 3.63) is 12.2 Å². The minimum atomic E-state index is -0.428. The fourth-order valence-corrected chi connectivity index (χ4v) is 2.73. The molecule has 0 atom stereocenters. The minimum Gasteiger partial charge on any atom is -0.444 e. The van der Waals surface area contributed by atoms with Crippen LogP contribution in [0.25, 0.3) is 0 Å². The van der Waals surface area contributed by atoms with Gasteiger partial charge in [0.15, 0.2) is 0 Å². The van der Waals surface area contributed by atoms with Crippen LogP contribution in [0.4, 0.5) is 4.79 Å². The Balaban J connectivity index is 2.24. The molecular weight excluding hydrogens is 266 g/mol. The zero-order valence-electron chi connectivity index (χ0n) is 14.0. The van der Waals surface area contributed by atoms with E-state index >= 15 is 0 Å². The third-order valence-corrected chi connectivity index (χ3v) is 3.98. The van der Waals surface area contributed by atoms with Gasteiger partial charge in [0.2, 0.25) is 0 Å². The van der Waals surface area contributed by atoms with E-state index in [9.17, 15) is 4.79 Å². The van der Waals surface area contributed by atoms with Crippen molar-refractivity contribution >= 4 is 6.09 Å². The van der Waals surface area contributed by atoms with Gasteiger partial charge < -0.3 is 14.7 Å². The van der Waals surface area contributed by atoms with E-state index in [-0.39, 0.29) is 12.7 Å². The van der Waals surface area contributed by atoms with Crippen LogP contribution in [0.5, 0.6) is 0 Å². The molecule has 0 spiro atoms. The number of ether oxygens (including phenoxy) is 1. The van der Waals surface area contributed by atoms with Crippen LogP contribution in [0.3, 0.4) is 0 Å². The first kappa shape index (κ1) is 18.0. The summed E-state index contributed by atoms with van der Waals surface area (Å²) < 4.78 is 5.35. The lowest BCUT2D eigenvalue weighted by Gasteiger charge is -2.29. The van der Waals surface area contributed by atoms with Gasteiger partial charge in [-0.05, 0) is 64.7 Å². The lowest BCUT2D eigenvalue weighted by molar-refractivity contribution is 0.0287. The summed E-state index contributed by atoms with van der Waals surface area (Å²) in [4.78, 5) is 13.6. The molecule has 0 aliphatic heterocycles. The Morgan fingerprint density at radius 1 is 1.29 bits per heavy atom. The van der Waals surface area contributed by atoms with Gasteiger partial charge in [-0.3, -0.25) is 0 Å². The van der Waals surface area contributed by atoms with Crippen LogP contribution in [0.2, 0.25) is 0 Å².